The summed E-state index contributed by atoms with van der Waals surface area (Å²) in [6.45, 7) is 5.48. The minimum absolute atomic E-state index is 0.0308. The van der Waals surface area contributed by atoms with Crippen LogP contribution in [0.4, 0.5) is 4.39 Å². The molecule has 0 unspecified atom stereocenters. The molecule has 0 spiro atoms. The lowest BCUT2D eigenvalue weighted by Crippen LogP contribution is -2.40. The third kappa shape index (κ3) is 3.84. The van der Waals surface area contributed by atoms with Crippen LogP contribution in [0.1, 0.15) is 25.1 Å². The molecule has 22 heavy (non-hydrogen) atoms. The summed E-state index contributed by atoms with van der Waals surface area (Å²) in [5.74, 6) is -0.846. The normalized spacial score (nSPS) is 11.0. The van der Waals surface area contributed by atoms with Crippen molar-refractivity contribution in [2.45, 2.75) is 33.2 Å². The minimum atomic E-state index is -0.343. The number of rotatable bonds is 5. The fraction of sp³-hybridized carbons (Fsp3) is 0.375. The lowest BCUT2D eigenvalue weighted by Gasteiger charge is -2.09. The Balaban J connectivity index is 2.04. The standard InChI is InChI=1S/C16H20FN3O2/c1-9(2)19-16(22)8-18-15(21)7-12-10(3)20-14-5-4-11(17)6-13(12)14/h4-6,9,20H,7-8H2,1-3H3,(H,18,21)(H,19,22). The van der Waals surface area contributed by atoms with Crippen molar-refractivity contribution in [1.29, 1.82) is 0 Å². The Bertz CT molecular complexity index is 707. The molecule has 0 bridgehead atoms. The highest BCUT2D eigenvalue weighted by atomic mass is 19.1. The molecule has 1 aromatic heterocycles. The predicted molar refractivity (Wildman–Crippen MR) is 83.0 cm³/mol. The first kappa shape index (κ1) is 16.0. The summed E-state index contributed by atoms with van der Waals surface area (Å²) in [6.07, 6.45) is 0.101. The van der Waals surface area contributed by atoms with Gasteiger partial charge in [0.05, 0.1) is 13.0 Å². The van der Waals surface area contributed by atoms with E-state index < -0.39 is 0 Å². The molecule has 0 aliphatic carbocycles. The number of fused-ring (bicyclic) bond motifs is 1. The van der Waals surface area contributed by atoms with E-state index in [0.29, 0.717) is 5.39 Å². The van der Waals surface area contributed by atoms with Gasteiger partial charge in [0.1, 0.15) is 5.82 Å². The van der Waals surface area contributed by atoms with Crippen LogP contribution in [0.5, 0.6) is 0 Å². The van der Waals surface area contributed by atoms with Crippen LogP contribution in [-0.4, -0.2) is 29.4 Å². The largest absolute Gasteiger partial charge is 0.358 e. The smallest absolute Gasteiger partial charge is 0.239 e. The Morgan fingerprint density at radius 1 is 1.27 bits per heavy atom. The van der Waals surface area contributed by atoms with Crippen molar-refractivity contribution in [2.24, 2.45) is 0 Å². The Hall–Kier alpha value is -2.37. The third-order valence-corrected chi connectivity index (χ3v) is 3.31. The molecule has 2 amide bonds. The van der Waals surface area contributed by atoms with Gasteiger partial charge in [-0.25, -0.2) is 4.39 Å². The molecular formula is C16H20FN3O2. The Morgan fingerprint density at radius 3 is 2.68 bits per heavy atom. The number of H-pyrrole nitrogens is 1. The van der Waals surface area contributed by atoms with Crippen LogP contribution >= 0.6 is 0 Å². The number of carbonyl (C=O) groups excluding carboxylic acids is 2. The average molecular weight is 305 g/mol. The third-order valence-electron chi connectivity index (χ3n) is 3.31. The summed E-state index contributed by atoms with van der Waals surface area (Å²) >= 11 is 0. The number of hydrogen-bond acceptors (Lipinski definition) is 2. The van der Waals surface area contributed by atoms with Gasteiger partial charge in [0.15, 0.2) is 0 Å². The zero-order valence-corrected chi connectivity index (χ0v) is 12.9. The molecule has 0 aliphatic heterocycles. The number of halogens is 1. The molecule has 2 rings (SSSR count). The summed E-state index contributed by atoms with van der Waals surface area (Å²) in [7, 11) is 0. The van der Waals surface area contributed by atoms with Crippen LogP contribution in [0.25, 0.3) is 10.9 Å². The van der Waals surface area contributed by atoms with E-state index >= 15 is 0 Å². The van der Waals surface area contributed by atoms with E-state index in [9.17, 15) is 14.0 Å². The van der Waals surface area contributed by atoms with Crippen LogP contribution in [0.2, 0.25) is 0 Å². The van der Waals surface area contributed by atoms with Crippen molar-refractivity contribution in [3.63, 3.8) is 0 Å². The fourth-order valence-corrected chi connectivity index (χ4v) is 2.36. The van der Waals surface area contributed by atoms with Crippen molar-refractivity contribution >= 4 is 22.7 Å². The number of nitrogens with one attached hydrogen (secondary N) is 3. The van der Waals surface area contributed by atoms with Gasteiger partial charge < -0.3 is 15.6 Å². The van der Waals surface area contributed by atoms with Gasteiger partial charge in [0, 0.05) is 22.6 Å². The molecule has 1 heterocycles. The first-order valence-electron chi connectivity index (χ1n) is 7.19. The van der Waals surface area contributed by atoms with Gasteiger partial charge in [0.2, 0.25) is 11.8 Å². The zero-order valence-electron chi connectivity index (χ0n) is 12.9. The first-order valence-corrected chi connectivity index (χ1v) is 7.19. The summed E-state index contributed by atoms with van der Waals surface area (Å²) < 4.78 is 13.4. The van der Waals surface area contributed by atoms with Crippen LogP contribution in [0.3, 0.4) is 0 Å². The summed E-state index contributed by atoms with van der Waals surface area (Å²) in [5, 5.41) is 5.96. The molecule has 0 fully saturated rings. The van der Waals surface area contributed by atoms with Crippen LogP contribution in [-0.2, 0) is 16.0 Å². The fourth-order valence-electron chi connectivity index (χ4n) is 2.36. The van der Waals surface area contributed by atoms with E-state index in [0.717, 1.165) is 16.8 Å². The number of aromatic nitrogens is 1. The molecule has 118 valence electrons. The molecule has 6 heteroatoms. The molecule has 0 aliphatic rings. The van der Waals surface area contributed by atoms with Gasteiger partial charge >= 0.3 is 0 Å². The van der Waals surface area contributed by atoms with Gasteiger partial charge in [-0.05, 0) is 44.5 Å². The first-order chi connectivity index (χ1) is 10.4. The number of carbonyl (C=O) groups is 2. The second-order valence-electron chi connectivity index (χ2n) is 5.59. The van der Waals surface area contributed by atoms with E-state index in [-0.39, 0.29) is 36.6 Å². The maximum atomic E-state index is 13.4. The van der Waals surface area contributed by atoms with Crippen LogP contribution in [0, 0.1) is 12.7 Å². The highest BCUT2D eigenvalue weighted by Crippen LogP contribution is 2.23. The molecule has 3 N–H and O–H groups in total. The van der Waals surface area contributed by atoms with Crippen molar-refractivity contribution < 1.29 is 14.0 Å². The van der Waals surface area contributed by atoms with Crippen molar-refractivity contribution in [2.75, 3.05) is 6.54 Å². The zero-order chi connectivity index (χ0) is 16.3. The quantitative estimate of drug-likeness (QED) is 0.788. The number of aromatic amines is 1. The highest BCUT2D eigenvalue weighted by molar-refractivity contribution is 5.91. The van der Waals surface area contributed by atoms with E-state index in [1.807, 2.05) is 20.8 Å². The lowest BCUT2D eigenvalue weighted by molar-refractivity contribution is -0.126. The number of hydrogen-bond donors (Lipinski definition) is 3. The Kier molecular flexibility index (Phi) is 4.80. The summed E-state index contributed by atoms with van der Waals surface area (Å²) in [5.41, 5.74) is 2.36. The van der Waals surface area contributed by atoms with E-state index in [4.69, 9.17) is 0 Å². The van der Waals surface area contributed by atoms with Crippen LogP contribution in [0.15, 0.2) is 18.2 Å². The Labute approximate surface area is 128 Å². The predicted octanol–water partition coefficient (Wildman–Crippen LogP) is 1.80. The van der Waals surface area contributed by atoms with Crippen molar-refractivity contribution in [3.8, 4) is 0 Å². The summed E-state index contributed by atoms with van der Waals surface area (Å²) in [4.78, 5) is 26.6. The van der Waals surface area contributed by atoms with E-state index in [1.54, 1.807) is 6.07 Å². The number of amides is 2. The highest BCUT2D eigenvalue weighted by Gasteiger charge is 2.14. The second-order valence-corrected chi connectivity index (χ2v) is 5.59. The maximum Gasteiger partial charge on any atom is 0.239 e. The van der Waals surface area contributed by atoms with Crippen LogP contribution < -0.4 is 10.6 Å². The van der Waals surface area contributed by atoms with Gasteiger partial charge in [-0.15, -0.1) is 0 Å². The molecule has 5 nitrogen and oxygen atoms in total. The molecule has 0 saturated carbocycles. The maximum absolute atomic E-state index is 13.4. The van der Waals surface area contributed by atoms with Gasteiger partial charge in [-0.3, -0.25) is 9.59 Å². The topological polar surface area (TPSA) is 74.0 Å². The van der Waals surface area contributed by atoms with Crippen molar-refractivity contribution in [3.05, 3.63) is 35.3 Å². The monoisotopic (exact) mass is 305 g/mol. The molecule has 2 aromatic rings. The number of benzene rings is 1. The molecule has 0 radical (unpaired) electrons. The molecular weight excluding hydrogens is 285 g/mol. The average Bonchev–Trinajstić information content (AvgIpc) is 2.72. The van der Waals surface area contributed by atoms with E-state index in [1.165, 1.54) is 12.1 Å². The molecule has 0 saturated heterocycles. The SMILES string of the molecule is Cc1[nH]c2ccc(F)cc2c1CC(=O)NCC(=O)NC(C)C. The Morgan fingerprint density at radius 2 is 2.00 bits per heavy atom. The van der Waals surface area contributed by atoms with Gasteiger partial charge in [-0.2, -0.15) is 0 Å². The van der Waals surface area contributed by atoms with Gasteiger partial charge in [0.25, 0.3) is 0 Å². The lowest BCUT2D eigenvalue weighted by atomic mass is 10.1. The molecule has 1 aromatic carbocycles. The minimum Gasteiger partial charge on any atom is -0.358 e. The number of aryl methyl sites for hydroxylation is 1. The van der Waals surface area contributed by atoms with Gasteiger partial charge in [-0.1, -0.05) is 0 Å². The molecule has 0 atom stereocenters. The van der Waals surface area contributed by atoms with E-state index in [2.05, 4.69) is 15.6 Å². The summed E-state index contributed by atoms with van der Waals surface area (Å²) in [6, 6.07) is 4.46. The van der Waals surface area contributed by atoms with Crippen molar-refractivity contribution in [1.82, 2.24) is 15.6 Å². The second kappa shape index (κ2) is 6.60.